The van der Waals surface area contributed by atoms with Crippen molar-refractivity contribution in [2.24, 2.45) is 0 Å². The van der Waals surface area contributed by atoms with Gasteiger partial charge in [0, 0.05) is 11.4 Å². The molecule has 3 N–H and O–H groups in total. The predicted molar refractivity (Wildman–Crippen MR) is 102 cm³/mol. The second-order valence-electron chi connectivity index (χ2n) is 5.72. The smallest absolute Gasteiger partial charge is 0.315 e. The molecular formula is C18H19N5OS. The van der Waals surface area contributed by atoms with Crippen molar-refractivity contribution in [3.8, 4) is 0 Å². The van der Waals surface area contributed by atoms with Crippen LogP contribution in [0.25, 0.3) is 0 Å². The summed E-state index contributed by atoms with van der Waals surface area (Å²) in [7, 11) is 0. The topological polar surface area (TPSA) is 85.8 Å². The van der Waals surface area contributed by atoms with Crippen LogP contribution in [0.2, 0.25) is 0 Å². The molecule has 0 aliphatic carbocycles. The molecule has 0 bridgehead atoms. The van der Waals surface area contributed by atoms with E-state index in [-0.39, 0.29) is 5.82 Å². The Morgan fingerprint density at radius 2 is 1.88 bits per heavy atom. The summed E-state index contributed by atoms with van der Waals surface area (Å²) in [6, 6.07) is 15.8. The van der Waals surface area contributed by atoms with Crippen LogP contribution in [-0.2, 0) is 5.75 Å². The van der Waals surface area contributed by atoms with Gasteiger partial charge in [-0.25, -0.2) is 0 Å². The summed E-state index contributed by atoms with van der Waals surface area (Å²) in [5, 5.41) is 11.5. The first-order valence-electron chi connectivity index (χ1n) is 7.80. The Bertz CT molecular complexity index is 940. The van der Waals surface area contributed by atoms with Gasteiger partial charge in [0.2, 0.25) is 11.0 Å². The highest BCUT2D eigenvalue weighted by Crippen LogP contribution is 2.21. The van der Waals surface area contributed by atoms with Gasteiger partial charge in [0.05, 0.1) is 0 Å². The van der Waals surface area contributed by atoms with E-state index in [0.717, 1.165) is 27.1 Å². The molecule has 7 heteroatoms. The highest BCUT2D eigenvalue weighted by Gasteiger charge is 2.12. The van der Waals surface area contributed by atoms with Crippen LogP contribution >= 0.6 is 11.8 Å². The number of benzene rings is 2. The van der Waals surface area contributed by atoms with E-state index < -0.39 is 5.56 Å². The fourth-order valence-electron chi connectivity index (χ4n) is 2.37. The molecule has 0 aliphatic heterocycles. The lowest BCUT2D eigenvalue weighted by atomic mass is 10.1. The average molecular weight is 353 g/mol. The fourth-order valence-corrected chi connectivity index (χ4v) is 3.17. The zero-order valence-electron chi connectivity index (χ0n) is 14.1. The van der Waals surface area contributed by atoms with Gasteiger partial charge in [-0.1, -0.05) is 59.8 Å². The Morgan fingerprint density at radius 3 is 2.60 bits per heavy atom. The Hall–Kier alpha value is -2.80. The molecule has 0 aliphatic rings. The van der Waals surface area contributed by atoms with E-state index in [9.17, 15) is 4.79 Å². The van der Waals surface area contributed by atoms with E-state index in [0.29, 0.717) is 10.9 Å². The van der Waals surface area contributed by atoms with E-state index in [1.165, 1.54) is 11.8 Å². The number of thioether (sulfide) groups is 1. The Labute approximate surface area is 150 Å². The van der Waals surface area contributed by atoms with Gasteiger partial charge in [0.1, 0.15) is 0 Å². The van der Waals surface area contributed by atoms with Crippen molar-refractivity contribution < 1.29 is 0 Å². The number of aryl methyl sites for hydroxylation is 2. The van der Waals surface area contributed by atoms with Gasteiger partial charge < -0.3 is 11.2 Å². The maximum Gasteiger partial charge on any atom is 0.315 e. The van der Waals surface area contributed by atoms with Gasteiger partial charge in [-0.15, -0.1) is 10.2 Å². The van der Waals surface area contributed by atoms with Crippen molar-refractivity contribution in [1.29, 1.82) is 0 Å². The summed E-state index contributed by atoms with van der Waals surface area (Å²) in [4.78, 5) is 12.4. The first-order chi connectivity index (χ1) is 12.0. The first-order valence-corrected chi connectivity index (χ1v) is 8.79. The van der Waals surface area contributed by atoms with Crippen LogP contribution in [0.1, 0.15) is 16.7 Å². The van der Waals surface area contributed by atoms with Gasteiger partial charge in [-0.3, -0.25) is 4.79 Å². The molecule has 3 rings (SSSR count). The van der Waals surface area contributed by atoms with E-state index in [1.807, 2.05) is 62.4 Å². The minimum absolute atomic E-state index is 0.110. The molecule has 6 nitrogen and oxygen atoms in total. The van der Waals surface area contributed by atoms with Crippen LogP contribution < -0.4 is 16.7 Å². The summed E-state index contributed by atoms with van der Waals surface area (Å²) in [5.41, 5.74) is 3.69. The molecule has 128 valence electrons. The number of hydrogen-bond donors (Lipinski definition) is 2. The maximum atomic E-state index is 12.4. The van der Waals surface area contributed by atoms with Gasteiger partial charge in [0.15, 0.2) is 0 Å². The van der Waals surface area contributed by atoms with Gasteiger partial charge in [0.25, 0.3) is 0 Å². The molecule has 1 aromatic heterocycles. The molecule has 0 saturated heterocycles. The van der Waals surface area contributed by atoms with Crippen LogP contribution in [-0.4, -0.2) is 14.9 Å². The summed E-state index contributed by atoms with van der Waals surface area (Å²) in [5.74, 6) is 6.68. The Morgan fingerprint density at radius 1 is 1.12 bits per heavy atom. The Balaban J connectivity index is 1.79. The van der Waals surface area contributed by atoms with Crippen LogP contribution in [0.3, 0.4) is 0 Å². The third-order valence-corrected chi connectivity index (χ3v) is 4.72. The van der Waals surface area contributed by atoms with Crippen LogP contribution in [0.15, 0.2) is 58.5 Å². The van der Waals surface area contributed by atoms with Crippen LogP contribution in [0.5, 0.6) is 0 Å². The van der Waals surface area contributed by atoms with Gasteiger partial charge in [-0.2, -0.15) is 4.68 Å². The Kier molecular flexibility index (Phi) is 5.04. The number of nitrogens with two attached hydrogens (primary N) is 1. The third-order valence-electron chi connectivity index (χ3n) is 3.71. The van der Waals surface area contributed by atoms with E-state index in [2.05, 4.69) is 15.5 Å². The van der Waals surface area contributed by atoms with Gasteiger partial charge >= 0.3 is 5.56 Å². The van der Waals surface area contributed by atoms with Crippen molar-refractivity contribution in [1.82, 2.24) is 14.9 Å². The number of anilines is 2. The molecular weight excluding hydrogens is 334 g/mol. The second-order valence-corrected chi connectivity index (χ2v) is 6.67. The van der Waals surface area contributed by atoms with E-state index in [1.54, 1.807) is 0 Å². The third kappa shape index (κ3) is 4.00. The molecule has 0 amide bonds. The molecule has 0 atom stereocenters. The monoisotopic (exact) mass is 353 g/mol. The molecule has 0 radical (unpaired) electrons. The molecule has 3 aromatic rings. The normalized spacial score (nSPS) is 10.6. The molecule has 25 heavy (non-hydrogen) atoms. The van der Waals surface area contributed by atoms with E-state index >= 15 is 0 Å². The van der Waals surface area contributed by atoms with Crippen molar-refractivity contribution in [2.45, 2.75) is 24.8 Å². The highest BCUT2D eigenvalue weighted by atomic mass is 32.2. The molecule has 0 spiro atoms. The summed E-state index contributed by atoms with van der Waals surface area (Å²) in [6.07, 6.45) is 0. The van der Waals surface area contributed by atoms with Crippen molar-refractivity contribution >= 4 is 23.3 Å². The molecule has 0 fully saturated rings. The number of nitrogens with zero attached hydrogens (tertiary/aromatic N) is 3. The largest absolute Gasteiger partial charge is 0.334 e. The minimum atomic E-state index is -0.412. The van der Waals surface area contributed by atoms with Crippen molar-refractivity contribution in [3.63, 3.8) is 0 Å². The number of rotatable bonds is 5. The summed E-state index contributed by atoms with van der Waals surface area (Å²) >= 11 is 1.37. The lowest BCUT2D eigenvalue weighted by Crippen LogP contribution is -2.32. The first kappa shape index (κ1) is 17.0. The zero-order chi connectivity index (χ0) is 17.8. The molecule has 0 unspecified atom stereocenters. The number of hydrogen-bond acceptors (Lipinski definition) is 6. The maximum absolute atomic E-state index is 12.4. The summed E-state index contributed by atoms with van der Waals surface area (Å²) < 4.78 is 1.03. The van der Waals surface area contributed by atoms with Crippen molar-refractivity contribution in [2.75, 3.05) is 11.2 Å². The molecule has 2 aromatic carbocycles. The van der Waals surface area contributed by atoms with Gasteiger partial charge in [-0.05, 0) is 31.0 Å². The minimum Gasteiger partial charge on any atom is -0.334 e. The quantitative estimate of drug-likeness (QED) is 0.542. The molecule has 1 heterocycles. The highest BCUT2D eigenvalue weighted by molar-refractivity contribution is 7.98. The zero-order valence-corrected chi connectivity index (χ0v) is 14.9. The summed E-state index contributed by atoms with van der Waals surface area (Å²) in [6.45, 7) is 3.98. The second kappa shape index (κ2) is 7.40. The van der Waals surface area contributed by atoms with Crippen molar-refractivity contribution in [3.05, 3.63) is 75.6 Å². The standard InChI is InChI=1S/C18H19N5OS/c1-12-8-9-15(13(2)10-12)20-16-17(24)23(19)18(22-21-16)25-11-14-6-4-3-5-7-14/h3-10H,11,19H2,1-2H3,(H,20,21). The number of nitrogen functional groups attached to an aromatic ring is 1. The average Bonchev–Trinajstić information content (AvgIpc) is 2.61. The molecule has 0 saturated carbocycles. The van der Waals surface area contributed by atoms with Crippen LogP contribution in [0.4, 0.5) is 11.5 Å². The fraction of sp³-hybridized carbons (Fsp3) is 0.167. The lowest BCUT2D eigenvalue weighted by Gasteiger charge is -2.11. The van der Waals surface area contributed by atoms with E-state index in [4.69, 9.17) is 5.84 Å². The lowest BCUT2D eigenvalue weighted by molar-refractivity contribution is 0.705. The SMILES string of the molecule is Cc1ccc(Nc2nnc(SCc3ccccc3)n(N)c2=O)c(C)c1. The number of nitrogens with one attached hydrogen (secondary N) is 1. The van der Waals surface area contributed by atoms with Crippen LogP contribution in [0, 0.1) is 13.8 Å². The number of aromatic nitrogens is 3. The predicted octanol–water partition coefficient (Wildman–Crippen LogP) is 3.00.